The monoisotopic (exact) mass is 270 g/mol. The zero-order chi connectivity index (χ0) is 14.5. The normalized spacial score (nSPS) is 11.7. The summed E-state index contributed by atoms with van der Waals surface area (Å²) in [6.45, 7) is 1.79. The molecule has 0 fully saturated rings. The fourth-order valence-corrected chi connectivity index (χ4v) is 1.78. The number of nitriles is 1. The van der Waals surface area contributed by atoms with Crippen LogP contribution in [0.15, 0.2) is 42.5 Å². The molecule has 0 saturated carbocycles. The van der Waals surface area contributed by atoms with Gasteiger partial charge in [0, 0.05) is 6.04 Å². The summed E-state index contributed by atoms with van der Waals surface area (Å²) in [5.74, 6) is 0.238. The number of nitrogens with zero attached hydrogens (tertiary/aromatic N) is 1. The van der Waals surface area contributed by atoms with Gasteiger partial charge in [0.2, 0.25) is 0 Å². The minimum Gasteiger partial charge on any atom is -0.454 e. The van der Waals surface area contributed by atoms with Crippen molar-refractivity contribution >= 4 is 0 Å². The van der Waals surface area contributed by atoms with Crippen molar-refractivity contribution in [3.8, 4) is 17.6 Å². The summed E-state index contributed by atoms with van der Waals surface area (Å²) in [7, 11) is 0. The van der Waals surface area contributed by atoms with Crippen LogP contribution in [0.5, 0.6) is 11.5 Å². The van der Waals surface area contributed by atoms with Gasteiger partial charge >= 0.3 is 0 Å². The van der Waals surface area contributed by atoms with Gasteiger partial charge in [0.05, 0.1) is 12.5 Å². The second kappa shape index (κ2) is 6.18. The number of nitrogens with two attached hydrogens (primary N) is 1. The van der Waals surface area contributed by atoms with Crippen LogP contribution in [-0.2, 0) is 6.42 Å². The van der Waals surface area contributed by atoms with E-state index in [1.54, 1.807) is 43.3 Å². The Morgan fingerprint density at radius 3 is 2.50 bits per heavy atom. The summed E-state index contributed by atoms with van der Waals surface area (Å²) in [5.41, 5.74) is 7.31. The molecule has 0 saturated heterocycles. The van der Waals surface area contributed by atoms with E-state index in [1.807, 2.05) is 0 Å². The van der Waals surface area contributed by atoms with Gasteiger partial charge in [0.1, 0.15) is 5.75 Å². The van der Waals surface area contributed by atoms with Crippen LogP contribution in [0.1, 0.15) is 24.1 Å². The number of ether oxygens (including phenoxy) is 1. The van der Waals surface area contributed by atoms with E-state index in [9.17, 15) is 4.39 Å². The van der Waals surface area contributed by atoms with Crippen molar-refractivity contribution in [1.82, 2.24) is 0 Å². The average molecular weight is 270 g/mol. The van der Waals surface area contributed by atoms with E-state index in [-0.39, 0.29) is 11.8 Å². The van der Waals surface area contributed by atoms with E-state index in [0.29, 0.717) is 12.2 Å². The Labute approximate surface area is 117 Å². The molecule has 2 N–H and O–H groups in total. The maximum absolute atomic E-state index is 13.9. The summed E-state index contributed by atoms with van der Waals surface area (Å²) in [5, 5.41) is 8.59. The first kappa shape index (κ1) is 14.0. The number of halogens is 1. The lowest BCUT2D eigenvalue weighted by atomic mass is 10.1. The van der Waals surface area contributed by atoms with E-state index in [2.05, 4.69) is 6.07 Å². The van der Waals surface area contributed by atoms with Crippen LogP contribution in [0.4, 0.5) is 4.39 Å². The lowest BCUT2D eigenvalue weighted by Crippen LogP contribution is -2.05. The fraction of sp³-hybridized carbons (Fsp3) is 0.188. The van der Waals surface area contributed by atoms with Gasteiger partial charge in [-0.1, -0.05) is 18.2 Å². The molecule has 4 heteroatoms. The minimum absolute atomic E-state index is 0.155. The topological polar surface area (TPSA) is 59.0 Å². The third-order valence-electron chi connectivity index (χ3n) is 2.92. The van der Waals surface area contributed by atoms with Crippen LogP contribution in [0.25, 0.3) is 0 Å². The highest BCUT2D eigenvalue weighted by atomic mass is 19.1. The lowest BCUT2D eigenvalue weighted by Gasteiger charge is -2.10. The first-order valence-electron chi connectivity index (χ1n) is 6.29. The molecule has 20 heavy (non-hydrogen) atoms. The maximum Gasteiger partial charge on any atom is 0.166 e. The van der Waals surface area contributed by atoms with Crippen LogP contribution in [0.2, 0.25) is 0 Å². The molecular formula is C16H15FN2O. The zero-order valence-corrected chi connectivity index (χ0v) is 11.1. The molecule has 0 amide bonds. The maximum atomic E-state index is 13.9. The van der Waals surface area contributed by atoms with Gasteiger partial charge in [-0.25, -0.2) is 4.39 Å². The molecular weight excluding hydrogens is 255 g/mol. The second-order valence-electron chi connectivity index (χ2n) is 4.56. The van der Waals surface area contributed by atoms with E-state index in [4.69, 9.17) is 15.7 Å². The number of hydrogen-bond acceptors (Lipinski definition) is 3. The third kappa shape index (κ3) is 3.34. The number of benzene rings is 2. The Kier molecular flexibility index (Phi) is 4.34. The quantitative estimate of drug-likeness (QED) is 0.921. The highest BCUT2D eigenvalue weighted by Gasteiger charge is 2.08. The molecule has 102 valence electrons. The van der Waals surface area contributed by atoms with Crippen molar-refractivity contribution in [2.45, 2.75) is 19.4 Å². The van der Waals surface area contributed by atoms with Crippen LogP contribution < -0.4 is 10.5 Å². The molecule has 2 aromatic carbocycles. The Bertz CT molecular complexity index is 630. The van der Waals surface area contributed by atoms with E-state index < -0.39 is 5.82 Å². The first-order valence-corrected chi connectivity index (χ1v) is 6.29. The van der Waals surface area contributed by atoms with Gasteiger partial charge in [-0.15, -0.1) is 0 Å². The molecule has 0 aliphatic heterocycles. The largest absolute Gasteiger partial charge is 0.454 e. The smallest absolute Gasteiger partial charge is 0.166 e. The molecule has 0 bridgehead atoms. The Balaban J connectivity index is 2.15. The third-order valence-corrected chi connectivity index (χ3v) is 2.92. The van der Waals surface area contributed by atoms with Gasteiger partial charge in [0.25, 0.3) is 0 Å². The van der Waals surface area contributed by atoms with Crippen molar-refractivity contribution in [3.63, 3.8) is 0 Å². The average Bonchev–Trinajstić information content (AvgIpc) is 2.43. The fourth-order valence-electron chi connectivity index (χ4n) is 1.78. The predicted octanol–water partition coefficient (Wildman–Crippen LogP) is 3.70. The summed E-state index contributed by atoms with van der Waals surface area (Å²) >= 11 is 0. The Morgan fingerprint density at radius 1 is 1.25 bits per heavy atom. The number of hydrogen-bond donors (Lipinski definition) is 1. The van der Waals surface area contributed by atoms with Crippen molar-refractivity contribution < 1.29 is 9.13 Å². The Morgan fingerprint density at radius 2 is 1.95 bits per heavy atom. The standard InChI is InChI=1S/C16H15FN2O/c1-11(19)13-4-7-16(15(17)10-13)20-14-5-2-12(3-6-14)8-9-18/h2-7,10-11H,8,19H2,1H3. The highest BCUT2D eigenvalue weighted by molar-refractivity contribution is 5.36. The van der Waals surface area contributed by atoms with Gasteiger partial charge in [-0.2, -0.15) is 5.26 Å². The minimum atomic E-state index is -0.444. The lowest BCUT2D eigenvalue weighted by molar-refractivity contribution is 0.441. The van der Waals surface area contributed by atoms with Crippen molar-refractivity contribution in [1.29, 1.82) is 5.26 Å². The molecule has 2 aromatic rings. The second-order valence-corrected chi connectivity index (χ2v) is 4.56. The molecule has 0 aromatic heterocycles. The van der Waals surface area contributed by atoms with Crippen LogP contribution in [0, 0.1) is 17.1 Å². The van der Waals surface area contributed by atoms with E-state index >= 15 is 0 Å². The molecule has 1 atom stereocenters. The molecule has 0 aliphatic carbocycles. The molecule has 2 rings (SSSR count). The van der Waals surface area contributed by atoms with E-state index in [1.165, 1.54) is 6.07 Å². The van der Waals surface area contributed by atoms with Crippen molar-refractivity contribution in [2.75, 3.05) is 0 Å². The van der Waals surface area contributed by atoms with Crippen LogP contribution in [0.3, 0.4) is 0 Å². The van der Waals surface area contributed by atoms with Crippen molar-refractivity contribution in [2.24, 2.45) is 5.73 Å². The van der Waals surface area contributed by atoms with Crippen LogP contribution >= 0.6 is 0 Å². The number of rotatable bonds is 4. The van der Waals surface area contributed by atoms with Gasteiger partial charge in [-0.05, 0) is 42.3 Å². The molecule has 0 heterocycles. The molecule has 3 nitrogen and oxygen atoms in total. The van der Waals surface area contributed by atoms with Gasteiger partial charge in [-0.3, -0.25) is 0 Å². The summed E-state index contributed by atoms with van der Waals surface area (Å²) in [6, 6.07) is 13.5. The summed E-state index contributed by atoms with van der Waals surface area (Å²) in [4.78, 5) is 0. The van der Waals surface area contributed by atoms with Crippen LogP contribution in [-0.4, -0.2) is 0 Å². The van der Waals surface area contributed by atoms with E-state index in [0.717, 1.165) is 11.1 Å². The molecule has 0 radical (unpaired) electrons. The predicted molar refractivity (Wildman–Crippen MR) is 74.8 cm³/mol. The zero-order valence-electron chi connectivity index (χ0n) is 11.1. The van der Waals surface area contributed by atoms with Gasteiger partial charge in [0.15, 0.2) is 11.6 Å². The molecule has 0 aliphatic rings. The first-order chi connectivity index (χ1) is 9.60. The van der Waals surface area contributed by atoms with Crippen molar-refractivity contribution in [3.05, 3.63) is 59.4 Å². The van der Waals surface area contributed by atoms with Gasteiger partial charge < -0.3 is 10.5 Å². The molecule has 1 unspecified atom stereocenters. The summed E-state index contributed by atoms with van der Waals surface area (Å²) in [6.07, 6.45) is 0.345. The molecule has 0 spiro atoms. The highest BCUT2D eigenvalue weighted by Crippen LogP contribution is 2.26. The summed E-state index contributed by atoms with van der Waals surface area (Å²) < 4.78 is 19.4. The Hall–Kier alpha value is -2.38. The SMILES string of the molecule is CC(N)c1ccc(Oc2ccc(CC#N)cc2)c(F)c1.